The first kappa shape index (κ1) is 22.7. The molecule has 0 radical (unpaired) electrons. The summed E-state index contributed by atoms with van der Waals surface area (Å²) < 4.78 is 65.9. The Hall–Kier alpha value is -3.45. The van der Waals surface area contributed by atoms with Gasteiger partial charge in [0.25, 0.3) is 0 Å². The minimum Gasteiger partial charge on any atom is -0.496 e. The van der Waals surface area contributed by atoms with E-state index in [0.29, 0.717) is 16.8 Å². The Morgan fingerprint density at radius 2 is 2.03 bits per heavy atom. The molecule has 1 N–H and O–H groups in total. The fraction of sp³-hybridized carbons (Fsp3) is 0.348. The SMILES string of the molecule is COc1cc(F)ccc1[C@@H]1C[C@](C)(C(F)(F)F)OC[C@H]1c1cc(=O)c2c(C#N)nccc2[nH]1. The fourth-order valence-corrected chi connectivity index (χ4v) is 4.34. The zero-order valence-corrected chi connectivity index (χ0v) is 17.7. The van der Waals surface area contributed by atoms with Crippen molar-refractivity contribution in [2.45, 2.75) is 37.0 Å². The van der Waals surface area contributed by atoms with E-state index < -0.39 is 41.3 Å². The minimum atomic E-state index is -4.65. The van der Waals surface area contributed by atoms with Crippen molar-refractivity contribution in [3.63, 3.8) is 0 Å². The summed E-state index contributed by atoms with van der Waals surface area (Å²) in [6.07, 6.45) is -3.75. The number of pyridine rings is 2. The molecule has 2 aromatic heterocycles. The number of hydrogen-bond donors (Lipinski definition) is 1. The van der Waals surface area contributed by atoms with Crippen LogP contribution in [-0.4, -0.2) is 35.5 Å². The van der Waals surface area contributed by atoms with Crippen LogP contribution in [0.15, 0.2) is 41.3 Å². The molecule has 3 atom stereocenters. The molecule has 1 fully saturated rings. The monoisotopic (exact) mass is 461 g/mol. The number of H-pyrrole nitrogens is 1. The van der Waals surface area contributed by atoms with Gasteiger partial charge in [-0.2, -0.15) is 18.4 Å². The van der Waals surface area contributed by atoms with Crippen molar-refractivity contribution in [3.05, 3.63) is 69.5 Å². The first-order valence-electron chi connectivity index (χ1n) is 10.0. The number of ether oxygens (including phenoxy) is 2. The maximum atomic E-state index is 13.8. The number of aromatic amines is 1. The van der Waals surface area contributed by atoms with Crippen LogP contribution < -0.4 is 10.2 Å². The fourth-order valence-electron chi connectivity index (χ4n) is 4.34. The topological polar surface area (TPSA) is 88.0 Å². The highest BCUT2D eigenvalue weighted by Gasteiger charge is 2.57. The smallest absolute Gasteiger partial charge is 0.417 e. The Morgan fingerprint density at radius 3 is 2.70 bits per heavy atom. The van der Waals surface area contributed by atoms with E-state index in [1.54, 1.807) is 0 Å². The Labute approximate surface area is 185 Å². The number of halogens is 4. The summed E-state index contributed by atoms with van der Waals surface area (Å²) in [5, 5.41) is 9.34. The van der Waals surface area contributed by atoms with E-state index in [2.05, 4.69) is 9.97 Å². The predicted octanol–water partition coefficient (Wildman–Crippen LogP) is 4.55. The molecule has 4 rings (SSSR count). The summed E-state index contributed by atoms with van der Waals surface area (Å²) in [7, 11) is 1.31. The maximum absolute atomic E-state index is 13.8. The van der Waals surface area contributed by atoms with Crippen LogP contribution in [0.4, 0.5) is 17.6 Å². The van der Waals surface area contributed by atoms with E-state index in [-0.39, 0.29) is 23.4 Å². The molecule has 0 amide bonds. The average Bonchev–Trinajstić information content (AvgIpc) is 2.77. The Morgan fingerprint density at radius 1 is 1.27 bits per heavy atom. The lowest BCUT2D eigenvalue weighted by Crippen LogP contribution is -2.50. The molecule has 0 aliphatic carbocycles. The molecule has 0 saturated carbocycles. The van der Waals surface area contributed by atoms with E-state index in [1.807, 2.05) is 6.07 Å². The zero-order valence-electron chi connectivity index (χ0n) is 17.7. The number of nitrogens with one attached hydrogen (secondary N) is 1. The van der Waals surface area contributed by atoms with Crippen molar-refractivity contribution >= 4 is 10.9 Å². The van der Waals surface area contributed by atoms with Gasteiger partial charge in [-0.1, -0.05) is 6.07 Å². The summed E-state index contributed by atoms with van der Waals surface area (Å²) in [6, 6.07) is 8.28. The van der Waals surface area contributed by atoms with Crippen molar-refractivity contribution < 1.29 is 27.0 Å². The molecule has 6 nitrogen and oxygen atoms in total. The van der Waals surface area contributed by atoms with Crippen LogP contribution in [0.3, 0.4) is 0 Å². The molecule has 33 heavy (non-hydrogen) atoms. The van der Waals surface area contributed by atoms with Gasteiger partial charge in [0.15, 0.2) is 16.7 Å². The number of hydrogen-bond acceptors (Lipinski definition) is 5. The summed E-state index contributed by atoms with van der Waals surface area (Å²) in [5.74, 6) is -1.99. The third kappa shape index (κ3) is 3.93. The molecule has 0 spiro atoms. The number of rotatable bonds is 3. The Balaban J connectivity index is 1.88. The van der Waals surface area contributed by atoms with Crippen LogP contribution in [0.2, 0.25) is 0 Å². The molecule has 0 unspecified atom stereocenters. The average molecular weight is 461 g/mol. The summed E-state index contributed by atoms with van der Waals surface area (Å²) in [6.45, 7) is 0.624. The van der Waals surface area contributed by atoms with Crippen LogP contribution in [0.5, 0.6) is 5.75 Å². The van der Waals surface area contributed by atoms with Crippen molar-refractivity contribution in [3.8, 4) is 11.8 Å². The van der Waals surface area contributed by atoms with Crippen LogP contribution in [-0.2, 0) is 4.74 Å². The lowest BCUT2D eigenvalue weighted by molar-refractivity contribution is -0.286. The first-order valence-corrected chi connectivity index (χ1v) is 10.0. The number of nitriles is 1. The van der Waals surface area contributed by atoms with Gasteiger partial charge in [-0.05, 0) is 31.0 Å². The van der Waals surface area contributed by atoms with Gasteiger partial charge in [0.05, 0.1) is 24.6 Å². The number of aromatic nitrogens is 2. The number of alkyl halides is 3. The van der Waals surface area contributed by atoms with Gasteiger partial charge >= 0.3 is 6.18 Å². The Bertz CT molecular complexity index is 1320. The van der Waals surface area contributed by atoms with Crippen molar-refractivity contribution in [2.24, 2.45) is 0 Å². The lowest BCUT2D eigenvalue weighted by atomic mass is 9.74. The zero-order chi connectivity index (χ0) is 24.0. The highest BCUT2D eigenvalue weighted by Crippen LogP contribution is 2.51. The van der Waals surface area contributed by atoms with Gasteiger partial charge in [0.1, 0.15) is 17.6 Å². The van der Waals surface area contributed by atoms with Gasteiger partial charge in [-0.25, -0.2) is 9.37 Å². The van der Waals surface area contributed by atoms with Crippen LogP contribution >= 0.6 is 0 Å². The molecular weight excluding hydrogens is 442 g/mol. The van der Waals surface area contributed by atoms with E-state index in [1.165, 1.54) is 31.5 Å². The quantitative estimate of drug-likeness (QED) is 0.578. The van der Waals surface area contributed by atoms with Crippen molar-refractivity contribution in [1.29, 1.82) is 5.26 Å². The number of fused-ring (bicyclic) bond motifs is 1. The maximum Gasteiger partial charge on any atom is 0.417 e. The normalized spacial score (nSPS) is 23.3. The molecule has 1 aliphatic rings. The molecule has 172 valence electrons. The second-order valence-corrected chi connectivity index (χ2v) is 8.13. The number of methoxy groups -OCH3 is 1. The van der Waals surface area contributed by atoms with Crippen LogP contribution in [0.1, 0.15) is 42.1 Å². The lowest BCUT2D eigenvalue weighted by Gasteiger charge is -2.44. The molecule has 10 heteroatoms. The second-order valence-electron chi connectivity index (χ2n) is 8.13. The van der Waals surface area contributed by atoms with Gasteiger partial charge in [0.2, 0.25) is 0 Å². The Kier molecular flexibility index (Phi) is 5.62. The molecule has 1 aliphatic heterocycles. The highest BCUT2D eigenvalue weighted by molar-refractivity contribution is 5.82. The molecule has 3 heterocycles. The van der Waals surface area contributed by atoms with Gasteiger partial charge in [-0.3, -0.25) is 4.79 Å². The third-order valence-electron chi connectivity index (χ3n) is 6.14. The van der Waals surface area contributed by atoms with E-state index in [4.69, 9.17) is 9.47 Å². The van der Waals surface area contributed by atoms with Gasteiger partial charge in [0, 0.05) is 35.9 Å². The van der Waals surface area contributed by atoms with Crippen molar-refractivity contribution in [1.82, 2.24) is 9.97 Å². The first-order chi connectivity index (χ1) is 15.6. The molecule has 3 aromatic rings. The number of benzene rings is 1. The van der Waals surface area contributed by atoms with Crippen LogP contribution in [0.25, 0.3) is 10.9 Å². The standard InChI is InChI=1S/C23H19F4N3O3/c1-22(23(25,26)27)9-14(13-4-3-12(24)7-20(13)32-2)15(11-33-22)17-8-19(31)21-16(30-17)5-6-29-18(21)10-28/h3-8,14-15H,9,11H2,1-2H3,(H,30,31)/t14-,15+,22+/m0/s1. The molecule has 1 saturated heterocycles. The van der Waals surface area contributed by atoms with Crippen molar-refractivity contribution in [2.75, 3.05) is 13.7 Å². The van der Waals surface area contributed by atoms with E-state index >= 15 is 0 Å². The molecule has 0 bridgehead atoms. The second kappa shape index (κ2) is 8.15. The number of nitrogens with zero attached hydrogens (tertiary/aromatic N) is 2. The predicted molar refractivity (Wildman–Crippen MR) is 111 cm³/mol. The van der Waals surface area contributed by atoms with E-state index in [9.17, 15) is 27.6 Å². The van der Waals surface area contributed by atoms with Crippen LogP contribution in [0, 0.1) is 17.1 Å². The summed E-state index contributed by atoms with van der Waals surface area (Å²) >= 11 is 0. The molecule has 1 aromatic carbocycles. The molecular formula is C23H19F4N3O3. The highest BCUT2D eigenvalue weighted by atomic mass is 19.4. The summed E-state index contributed by atoms with van der Waals surface area (Å²) in [5.41, 5.74) is -1.95. The largest absolute Gasteiger partial charge is 0.496 e. The van der Waals surface area contributed by atoms with Gasteiger partial charge in [-0.15, -0.1) is 0 Å². The van der Waals surface area contributed by atoms with Gasteiger partial charge < -0.3 is 14.5 Å². The summed E-state index contributed by atoms with van der Waals surface area (Å²) in [4.78, 5) is 19.8. The minimum absolute atomic E-state index is 0.0541. The van der Waals surface area contributed by atoms with E-state index in [0.717, 1.165) is 19.1 Å². The third-order valence-corrected chi connectivity index (χ3v) is 6.14.